The van der Waals surface area contributed by atoms with Crippen LogP contribution in [0.25, 0.3) is 6.08 Å². The molecule has 5 heteroatoms. The minimum atomic E-state index is -0.450. The van der Waals surface area contributed by atoms with Crippen molar-refractivity contribution in [3.8, 4) is 11.8 Å². The maximum Gasteiger partial charge on any atom is 0.266 e. The van der Waals surface area contributed by atoms with E-state index in [9.17, 15) is 10.1 Å². The molecule has 1 amide bonds. The van der Waals surface area contributed by atoms with Gasteiger partial charge in [-0.1, -0.05) is 18.2 Å². The highest BCUT2D eigenvalue weighted by Crippen LogP contribution is 2.22. The average Bonchev–Trinajstić information content (AvgIpc) is 2.68. The van der Waals surface area contributed by atoms with E-state index in [1.807, 2.05) is 42.5 Å². The van der Waals surface area contributed by atoms with E-state index in [1.165, 1.54) is 6.08 Å². The van der Waals surface area contributed by atoms with Gasteiger partial charge in [0.25, 0.3) is 5.91 Å². The first-order valence-corrected chi connectivity index (χ1v) is 8.54. The maximum absolute atomic E-state index is 12.4. The van der Waals surface area contributed by atoms with Gasteiger partial charge in [-0.3, -0.25) is 4.79 Å². The summed E-state index contributed by atoms with van der Waals surface area (Å²) in [4.78, 5) is 14.6. The van der Waals surface area contributed by atoms with E-state index < -0.39 is 5.91 Å². The number of ether oxygens (including phenoxy) is 1. The van der Waals surface area contributed by atoms with Crippen LogP contribution in [0.5, 0.6) is 5.75 Å². The molecule has 0 heterocycles. The van der Waals surface area contributed by atoms with Gasteiger partial charge in [-0.2, -0.15) is 5.26 Å². The number of carbonyl (C=O) groups excluding carboxylic acids is 1. The zero-order valence-corrected chi connectivity index (χ0v) is 15.3. The normalized spacial score (nSPS) is 10.8. The molecule has 0 spiro atoms. The number of nitrogens with zero attached hydrogens (tertiary/aromatic N) is 2. The number of amides is 1. The van der Waals surface area contributed by atoms with Crippen molar-refractivity contribution in [3.05, 3.63) is 59.7 Å². The van der Waals surface area contributed by atoms with Crippen molar-refractivity contribution in [1.29, 1.82) is 5.26 Å². The van der Waals surface area contributed by atoms with Crippen LogP contribution in [0.2, 0.25) is 0 Å². The number of hydrogen-bond acceptors (Lipinski definition) is 4. The molecule has 134 valence electrons. The SMILES string of the molecule is CCN(CC)c1ccc(NC(=O)/C(C#N)=C\c2ccccc2OC)cc1. The van der Waals surface area contributed by atoms with E-state index in [1.54, 1.807) is 19.2 Å². The van der Waals surface area contributed by atoms with E-state index >= 15 is 0 Å². The molecule has 0 saturated heterocycles. The Morgan fingerprint density at radius 3 is 2.38 bits per heavy atom. The summed E-state index contributed by atoms with van der Waals surface area (Å²) in [7, 11) is 1.55. The van der Waals surface area contributed by atoms with Gasteiger partial charge >= 0.3 is 0 Å². The molecule has 0 radical (unpaired) electrons. The first-order chi connectivity index (χ1) is 12.6. The van der Waals surface area contributed by atoms with Gasteiger partial charge in [0.1, 0.15) is 17.4 Å². The fraction of sp³-hybridized carbons (Fsp3) is 0.238. The number of anilines is 2. The topological polar surface area (TPSA) is 65.4 Å². The van der Waals surface area contributed by atoms with Gasteiger partial charge in [0.15, 0.2) is 0 Å². The molecule has 0 bridgehead atoms. The molecule has 0 aromatic heterocycles. The van der Waals surface area contributed by atoms with Crippen LogP contribution < -0.4 is 15.0 Å². The molecular formula is C21H23N3O2. The van der Waals surface area contributed by atoms with Crippen molar-refractivity contribution in [3.63, 3.8) is 0 Å². The second kappa shape index (κ2) is 9.28. The summed E-state index contributed by atoms with van der Waals surface area (Å²) in [6.07, 6.45) is 1.53. The van der Waals surface area contributed by atoms with Gasteiger partial charge in [0.2, 0.25) is 0 Å². The third-order valence-electron chi connectivity index (χ3n) is 4.06. The highest BCUT2D eigenvalue weighted by atomic mass is 16.5. The summed E-state index contributed by atoms with van der Waals surface area (Å²) >= 11 is 0. The van der Waals surface area contributed by atoms with Gasteiger partial charge in [0, 0.05) is 30.0 Å². The summed E-state index contributed by atoms with van der Waals surface area (Å²) < 4.78 is 5.26. The largest absolute Gasteiger partial charge is 0.496 e. The number of rotatable bonds is 7. The molecule has 2 rings (SSSR count). The van der Waals surface area contributed by atoms with Gasteiger partial charge in [-0.05, 0) is 50.3 Å². The minimum absolute atomic E-state index is 0.0160. The van der Waals surface area contributed by atoms with E-state index in [0.717, 1.165) is 18.8 Å². The van der Waals surface area contributed by atoms with Crippen molar-refractivity contribution in [2.24, 2.45) is 0 Å². The molecule has 0 aliphatic heterocycles. The van der Waals surface area contributed by atoms with Crippen molar-refractivity contribution in [2.75, 3.05) is 30.4 Å². The lowest BCUT2D eigenvalue weighted by molar-refractivity contribution is -0.112. The quantitative estimate of drug-likeness (QED) is 0.604. The van der Waals surface area contributed by atoms with Crippen LogP contribution in [0.4, 0.5) is 11.4 Å². The Morgan fingerprint density at radius 1 is 1.15 bits per heavy atom. The van der Waals surface area contributed by atoms with Crippen LogP contribution >= 0.6 is 0 Å². The predicted molar refractivity (Wildman–Crippen MR) is 105 cm³/mol. The standard InChI is InChI=1S/C21H23N3O2/c1-4-24(5-2)19-12-10-18(11-13-19)23-21(25)17(15-22)14-16-8-6-7-9-20(16)26-3/h6-14H,4-5H2,1-3H3,(H,23,25)/b17-14-. The van der Waals surface area contributed by atoms with Crippen LogP contribution in [0.1, 0.15) is 19.4 Å². The van der Waals surface area contributed by atoms with Crippen molar-refractivity contribution >= 4 is 23.4 Å². The van der Waals surface area contributed by atoms with Crippen molar-refractivity contribution in [2.45, 2.75) is 13.8 Å². The van der Waals surface area contributed by atoms with Gasteiger partial charge in [0.05, 0.1) is 7.11 Å². The summed E-state index contributed by atoms with van der Waals surface area (Å²) in [5, 5.41) is 12.1. The highest BCUT2D eigenvalue weighted by molar-refractivity contribution is 6.09. The fourth-order valence-corrected chi connectivity index (χ4v) is 2.63. The number of para-hydroxylation sites is 1. The summed E-state index contributed by atoms with van der Waals surface area (Å²) in [5.74, 6) is 0.158. The Labute approximate surface area is 154 Å². The Hall–Kier alpha value is -3.26. The lowest BCUT2D eigenvalue weighted by atomic mass is 10.1. The number of nitriles is 1. The number of benzene rings is 2. The summed E-state index contributed by atoms with van der Waals surface area (Å²) in [6.45, 7) is 6.03. The number of hydrogen-bond donors (Lipinski definition) is 1. The molecule has 0 fully saturated rings. The second-order valence-electron chi connectivity index (χ2n) is 5.59. The molecule has 0 saturated carbocycles. The van der Waals surface area contributed by atoms with Gasteiger partial charge in [-0.25, -0.2) is 0 Å². The smallest absolute Gasteiger partial charge is 0.266 e. The summed E-state index contributed by atoms with van der Waals surface area (Å²) in [5.41, 5.74) is 2.44. The van der Waals surface area contributed by atoms with Crippen molar-refractivity contribution in [1.82, 2.24) is 0 Å². The molecule has 2 aromatic rings. The monoisotopic (exact) mass is 349 g/mol. The molecule has 2 aromatic carbocycles. The number of nitrogens with one attached hydrogen (secondary N) is 1. The fourth-order valence-electron chi connectivity index (χ4n) is 2.63. The molecule has 1 N–H and O–H groups in total. The van der Waals surface area contributed by atoms with E-state index in [-0.39, 0.29) is 5.57 Å². The Morgan fingerprint density at radius 2 is 1.81 bits per heavy atom. The molecule has 26 heavy (non-hydrogen) atoms. The van der Waals surface area contributed by atoms with Crippen LogP contribution in [0, 0.1) is 11.3 Å². The summed E-state index contributed by atoms with van der Waals surface area (Å²) in [6, 6.07) is 16.8. The molecule has 0 atom stereocenters. The number of carbonyl (C=O) groups is 1. The Bertz CT molecular complexity index is 816. The second-order valence-corrected chi connectivity index (χ2v) is 5.59. The van der Waals surface area contributed by atoms with E-state index in [2.05, 4.69) is 24.1 Å². The zero-order chi connectivity index (χ0) is 18.9. The van der Waals surface area contributed by atoms with Gasteiger partial charge in [-0.15, -0.1) is 0 Å². The first-order valence-electron chi connectivity index (χ1n) is 8.54. The van der Waals surface area contributed by atoms with Crippen molar-refractivity contribution < 1.29 is 9.53 Å². The van der Waals surface area contributed by atoms with E-state index in [4.69, 9.17) is 4.74 Å². The molecule has 0 aliphatic carbocycles. The highest BCUT2D eigenvalue weighted by Gasteiger charge is 2.11. The predicted octanol–water partition coefficient (Wildman–Crippen LogP) is 4.09. The van der Waals surface area contributed by atoms with Gasteiger partial charge < -0.3 is 15.0 Å². The lowest BCUT2D eigenvalue weighted by Gasteiger charge is -2.21. The van der Waals surface area contributed by atoms with Crippen LogP contribution in [-0.4, -0.2) is 26.1 Å². The molecular weight excluding hydrogens is 326 g/mol. The Kier molecular flexibility index (Phi) is 6.81. The maximum atomic E-state index is 12.4. The zero-order valence-electron chi connectivity index (χ0n) is 15.3. The minimum Gasteiger partial charge on any atom is -0.496 e. The lowest BCUT2D eigenvalue weighted by Crippen LogP contribution is -2.21. The first kappa shape index (κ1) is 19.1. The van der Waals surface area contributed by atoms with Crippen LogP contribution in [0.15, 0.2) is 54.1 Å². The third-order valence-corrected chi connectivity index (χ3v) is 4.06. The molecule has 0 aliphatic rings. The average molecular weight is 349 g/mol. The molecule has 5 nitrogen and oxygen atoms in total. The Balaban J connectivity index is 2.17. The number of methoxy groups -OCH3 is 1. The molecule has 0 unspecified atom stereocenters. The van der Waals surface area contributed by atoms with E-state index in [0.29, 0.717) is 17.0 Å². The third kappa shape index (κ3) is 4.64. The van der Waals surface area contributed by atoms with Crippen LogP contribution in [-0.2, 0) is 4.79 Å². The van der Waals surface area contributed by atoms with Crippen LogP contribution in [0.3, 0.4) is 0 Å².